The highest BCUT2D eigenvalue weighted by Crippen LogP contribution is 2.61. The van der Waals surface area contributed by atoms with Gasteiger partial charge in [0.15, 0.2) is 17.3 Å². The largest absolute Gasteiger partial charge is 0.497 e. The van der Waals surface area contributed by atoms with Crippen LogP contribution in [0.4, 0.5) is 10.1 Å². The number of Topliss-reactive ketones (excluding diaryl/α,β-unsaturated/α-hetero) is 3. The SMILES string of the molecule is COc1ccc(OC)c([C@H]2[C@H](C(C)=O)N3c4ccc(F)cc4C=C[C@H]3C23C(=O)c2ccccc2C3=O)c1. The molecule has 2 heterocycles. The molecule has 1 aliphatic carbocycles. The minimum Gasteiger partial charge on any atom is -0.497 e. The van der Waals surface area contributed by atoms with Crippen molar-refractivity contribution in [3.63, 3.8) is 0 Å². The number of ether oxygens (including phenoxy) is 2. The number of carbonyl (C=O) groups excluding carboxylic acids is 3. The van der Waals surface area contributed by atoms with E-state index in [2.05, 4.69) is 0 Å². The van der Waals surface area contributed by atoms with Gasteiger partial charge in [-0.3, -0.25) is 14.4 Å². The second kappa shape index (κ2) is 8.13. The van der Waals surface area contributed by atoms with Crippen LogP contribution in [0.2, 0.25) is 0 Å². The van der Waals surface area contributed by atoms with E-state index in [9.17, 15) is 18.8 Å². The molecule has 7 heteroatoms. The van der Waals surface area contributed by atoms with Gasteiger partial charge < -0.3 is 14.4 Å². The van der Waals surface area contributed by atoms with Crippen LogP contribution in [0, 0.1) is 11.2 Å². The van der Waals surface area contributed by atoms with Gasteiger partial charge in [0.05, 0.1) is 26.3 Å². The number of ketones is 3. The molecule has 0 bridgehead atoms. The minimum absolute atomic E-state index is 0.223. The third-order valence-electron chi connectivity index (χ3n) is 7.95. The van der Waals surface area contributed by atoms with E-state index in [0.29, 0.717) is 39.4 Å². The predicted octanol–water partition coefficient (Wildman–Crippen LogP) is 4.87. The van der Waals surface area contributed by atoms with Gasteiger partial charge in [-0.1, -0.05) is 36.4 Å². The lowest BCUT2D eigenvalue weighted by Gasteiger charge is -2.37. The molecule has 6 rings (SSSR count). The van der Waals surface area contributed by atoms with Crippen LogP contribution in [-0.2, 0) is 4.79 Å². The van der Waals surface area contributed by atoms with Gasteiger partial charge in [0.1, 0.15) is 22.7 Å². The Morgan fingerprint density at radius 2 is 1.65 bits per heavy atom. The maximum atomic E-state index is 14.4. The van der Waals surface area contributed by atoms with Crippen molar-refractivity contribution in [1.82, 2.24) is 0 Å². The second-order valence-corrected chi connectivity index (χ2v) is 9.63. The van der Waals surface area contributed by atoms with Crippen molar-refractivity contribution >= 4 is 29.1 Å². The zero-order valence-electron chi connectivity index (χ0n) is 20.5. The van der Waals surface area contributed by atoms with E-state index >= 15 is 0 Å². The van der Waals surface area contributed by atoms with Crippen molar-refractivity contribution in [3.8, 4) is 11.5 Å². The van der Waals surface area contributed by atoms with Gasteiger partial charge in [0.25, 0.3) is 0 Å². The molecule has 6 nitrogen and oxygen atoms in total. The van der Waals surface area contributed by atoms with Crippen LogP contribution in [0.5, 0.6) is 11.5 Å². The number of fused-ring (bicyclic) bond motifs is 5. The van der Waals surface area contributed by atoms with Crippen molar-refractivity contribution in [2.24, 2.45) is 5.41 Å². The van der Waals surface area contributed by atoms with Gasteiger partial charge in [-0.15, -0.1) is 0 Å². The van der Waals surface area contributed by atoms with Crippen molar-refractivity contribution < 1.29 is 28.2 Å². The number of methoxy groups -OCH3 is 2. The topological polar surface area (TPSA) is 72.9 Å². The Kier molecular flexibility index (Phi) is 5.09. The number of carbonyl (C=O) groups is 3. The van der Waals surface area contributed by atoms with E-state index in [1.54, 1.807) is 60.7 Å². The van der Waals surface area contributed by atoms with Crippen molar-refractivity contribution in [3.05, 3.63) is 94.8 Å². The first-order chi connectivity index (χ1) is 17.8. The summed E-state index contributed by atoms with van der Waals surface area (Å²) in [5.74, 6) is -1.26. The number of halogens is 1. The predicted molar refractivity (Wildman–Crippen MR) is 136 cm³/mol. The number of benzene rings is 3. The molecule has 3 aromatic rings. The molecular weight excluding hydrogens is 473 g/mol. The lowest BCUT2D eigenvalue weighted by molar-refractivity contribution is -0.118. The number of hydrogen-bond acceptors (Lipinski definition) is 6. The van der Waals surface area contributed by atoms with Crippen molar-refractivity contribution in [1.29, 1.82) is 0 Å². The van der Waals surface area contributed by atoms with E-state index in [0.717, 1.165) is 0 Å². The van der Waals surface area contributed by atoms with Crippen molar-refractivity contribution in [2.45, 2.75) is 24.9 Å². The fourth-order valence-corrected chi connectivity index (χ4v) is 6.53. The molecule has 0 unspecified atom stereocenters. The lowest BCUT2D eigenvalue weighted by Crippen LogP contribution is -2.48. The zero-order chi connectivity index (χ0) is 26.1. The summed E-state index contributed by atoms with van der Waals surface area (Å²) in [6.07, 6.45) is 3.49. The lowest BCUT2D eigenvalue weighted by atomic mass is 9.64. The third-order valence-corrected chi connectivity index (χ3v) is 7.95. The maximum absolute atomic E-state index is 14.4. The van der Waals surface area contributed by atoms with Crippen LogP contribution in [0.3, 0.4) is 0 Å². The zero-order valence-corrected chi connectivity index (χ0v) is 20.5. The van der Waals surface area contributed by atoms with Crippen LogP contribution >= 0.6 is 0 Å². The van der Waals surface area contributed by atoms with E-state index in [1.807, 2.05) is 4.90 Å². The summed E-state index contributed by atoms with van der Waals surface area (Å²) < 4.78 is 25.3. The van der Waals surface area contributed by atoms with Gasteiger partial charge in [0.2, 0.25) is 0 Å². The van der Waals surface area contributed by atoms with Gasteiger partial charge in [0, 0.05) is 33.9 Å². The smallest absolute Gasteiger partial charge is 0.180 e. The summed E-state index contributed by atoms with van der Waals surface area (Å²) >= 11 is 0. The number of rotatable bonds is 4. The van der Waals surface area contributed by atoms with Crippen LogP contribution < -0.4 is 14.4 Å². The number of anilines is 1. The molecule has 3 aromatic carbocycles. The monoisotopic (exact) mass is 497 g/mol. The molecule has 1 saturated heterocycles. The first kappa shape index (κ1) is 23.2. The molecule has 3 aliphatic rings. The molecular formula is C30H24FNO5. The Morgan fingerprint density at radius 3 is 2.27 bits per heavy atom. The molecule has 1 fully saturated rings. The van der Waals surface area contributed by atoms with E-state index in [4.69, 9.17) is 9.47 Å². The summed E-state index contributed by atoms with van der Waals surface area (Å²) in [5, 5.41) is 0. The highest BCUT2D eigenvalue weighted by Gasteiger charge is 2.71. The Balaban J connectivity index is 1.71. The first-order valence-corrected chi connectivity index (χ1v) is 12.0. The highest BCUT2D eigenvalue weighted by atomic mass is 19.1. The van der Waals surface area contributed by atoms with Gasteiger partial charge in [-0.05, 0) is 43.3 Å². The molecule has 0 saturated carbocycles. The molecule has 0 N–H and O–H groups in total. The molecule has 37 heavy (non-hydrogen) atoms. The average molecular weight is 498 g/mol. The molecule has 2 aliphatic heterocycles. The molecule has 1 spiro atoms. The Labute approximate surface area is 213 Å². The Morgan fingerprint density at radius 1 is 0.946 bits per heavy atom. The Hall–Kier alpha value is -4.26. The molecule has 186 valence electrons. The van der Waals surface area contributed by atoms with Crippen molar-refractivity contribution in [2.75, 3.05) is 19.1 Å². The molecule has 3 atom stereocenters. The molecule has 0 radical (unpaired) electrons. The summed E-state index contributed by atoms with van der Waals surface area (Å²) in [7, 11) is 3.03. The number of hydrogen-bond donors (Lipinski definition) is 0. The average Bonchev–Trinajstić information content (AvgIpc) is 3.34. The van der Waals surface area contributed by atoms with E-state index in [1.165, 1.54) is 33.3 Å². The van der Waals surface area contributed by atoms with Crippen LogP contribution in [0.25, 0.3) is 6.08 Å². The van der Waals surface area contributed by atoms with Crippen LogP contribution in [0.15, 0.2) is 66.7 Å². The molecule has 0 amide bonds. The standard InChI is InChI=1S/C30H24FNO5/c1-16(33)27-26(22-15-19(36-2)10-12-24(22)37-3)30(28(34)20-6-4-5-7-21(20)29(30)35)25-13-8-17-14-18(31)9-11-23(17)32(25)27/h4-15,25-27H,1-3H3/t25-,26-,27-/m0/s1. The molecule has 0 aromatic heterocycles. The summed E-state index contributed by atoms with van der Waals surface area (Å²) in [6.45, 7) is 1.46. The summed E-state index contributed by atoms with van der Waals surface area (Å²) in [6, 6.07) is 14.6. The quantitative estimate of drug-likeness (QED) is 0.479. The fraction of sp³-hybridized carbons (Fsp3) is 0.233. The minimum atomic E-state index is -1.64. The summed E-state index contributed by atoms with van der Waals surface area (Å²) in [5.41, 5.74) is 0.731. The summed E-state index contributed by atoms with van der Waals surface area (Å²) in [4.78, 5) is 44.2. The number of nitrogens with zero attached hydrogens (tertiary/aromatic N) is 1. The maximum Gasteiger partial charge on any atom is 0.180 e. The Bertz CT molecular complexity index is 1490. The van der Waals surface area contributed by atoms with Gasteiger partial charge in [-0.2, -0.15) is 0 Å². The first-order valence-electron chi connectivity index (χ1n) is 12.0. The van der Waals surface area contributed by atoms with E-state index < -0.39 is 29.2 Å². The fourth-order valence-electron chi connectivity index (χ4n) is 6.53. The normalized spacial score (nSPS) is 22.6. The highest BCUT2D eigenvalue weighted by molar-refractivity contribution is 6.32. The van der Waals surface area contributed by atoms with Crippen LogP contribution in [0.1, 0.15) is 44.7 Å². The van der Waals surface area contributed by atoms with Gasteiger partial charge in [-0.25, -0.2) is 4.39 Å². The third kappa shape index (κ3) is 2.94. The van der Waals surface area contributed by atoms with E-state index in [-0.39, 0.29) is 17.3 Å². The van der Waals surface area contributed by atoms with Gasteiger partial charge >= 0.3 is 0 Å². The van der Waals surface area contributed by atoms with Crippen LogP contribution in [-0.4, -0.2) is 43.7 Å². The second-order valence-electron chi connectivity index (χ2n) is 9.63.